The quantitative estimate of drug-likeness (QED) is 0.811. The van der Waals surface area contributed by atoms with Crippen LogP contribution in [0.25, 0.3) is 0 Å². The van der Waals surface area contributed by atoms with Crippen molar-refractivity contribution in [3.63, 3.8) is 0 Å². The molecule has 2 fully saturated rings. The summed E-state index contributed by atoms with van der Waals surface area (Å²) >= 11 is 12.2. The number of benzene rings is 1. The number of halogens is 2. The third-order valence-electron chi connectivity index (χ3n) is 4.61. The number of sulfone groups is 1. The van der Waals surface area contributed by atoms with E-state index in [1.54, 1.807) is 11.0 Å². The lowest BCUT2D eigenvalue weighted by molar-refractivity contribution is -0.129. The van der Waals surface area contributed by atoms with Crippen molar-refractivity contribution < 1.29 is 13.2 Å². The number of carbonyl (C=O) groups is 1. The highest BCUT2D eigenvalue weighted by Crippen LogP contribution is 2.34. The summed E-state index contributed by atoms with van der Waals surface area (Å²) in [5.74, 6) is -0.328. The van der Waals surface area contributed by atoms with Crippen LogP contribution >= 0.6 is 23.2 Å². The van der Waals surface area contributed by atoms with Gasteiger partial charge in [-0.25, -0.2) is 8.42 Å². The lowest BCUT2D eigenvalue weighted by Crippen LogP contribution is -2.41. The van der Waals surface area contributed by atoms with Gasteiger partial charge in [-0.1, -0.05) is 29.3 Å². The average molecular weight is 376 g/mol. The third-order valence-corrected chi connectivity index (χ3v) is 7.31. The summed E-state index contributed by atoms with van der Waals surface area (Å²) in [6.07, 6.45) is 2.98. The molecule has 1 aliphatic heterocycles. The Balaban J connectivity index is 1.58. The van der Waals surface area contributed by atoms with Crippen LogP contribution < -0.4 is 0 Å². The molecule has 1 heterocycles. The molecule has 4 nitrogen and oxygen atoms in total. The Labute approximate surface area is 146 Å². The van der Waals surface area contributed by atoms with Crippen LogP contribution in [0, 0.1) is 0 Å². The molecule has 1 aliphatic carbocycles. The molecule has 0 spiro atoms. The molecule has 1 aromatic carbocycles. The van der Waals surface area contributed by atoms with E-state index < -0.39 is 9.84 Å². The number of hydrogen-bond donors (Lipinski definition) is 0. The lowest BCUT2D eigenvalue weighted by atomic mass is 9.89. The Bertz CT molecular complexity index is 708. The first kappa shape index (κ1) is 17.1. The average Bonchev–Trinajstić information content (AvgIpc) is 3.32. The van der Waals surface area contributed by atoms with Crippen LogP contribution in [0.3, 0.4) is 0 Å². The molecule has 0 unspecified atom stereocenters. The van der Waals surface area contributed by atoms with Crippen LogP contribution in [0.4, 0.5) is 0 Å². The molecule has 1 saturated heterocycles. The van der Waals surface area contributed by atoms with Crippen molar-refractivity contribution in [2.24, 2.45) is 0 Å². The predicted molar refractivity (Wildman–Crippen MR) is 91.8 cm³/mol. The number of piperidine rings is 1. The van der Waals surface area contributed by atoms with E-state index in [-0.39, 0.29) is 22.8 Å². The molecule has 0 bridgehead atoms. The molecule has 0 N–H and O–H groups in total. The molecule has 1 saturated carbocycles. The molecule has 2 aliphatic rings. The summed E-state index contributed by atoms with van der Waals surface area (Å²) in [5, 5.41) is 0.979. The molecule has 23 heavy (non-hydrogen) atoms. The van der Waals surface area contributed by atoms with E-state index in [2.05, 4.69) is 0 Å². The van der Waals surface area contributed by atoms with Crippen molar-refractivity contribution in [2.45, 2.75) is 36.9 Å². The summed E-state index contributed by atoms with van der Waals surface area (Å²) < 4.78 is 23.9. The Morgan fingerprint density at radius 1 is 1.13 bits per heavy atom. The Hall–Kier alpha value is -0.780. The molecular formula is C16H19Cl2NO3S. The zero-order valence-electron chi connectivity index (χ0n) is 12.7. The van der Waals surface area contributed by atoms with E-state index in [0.29, 0.717) is 36.0 Å². The van der Waals surface area contributed by atoms with Crippen molar-refractivity contribution >= 4 is 38.9 Å². The molecule has 1 amide bonds. The molecule has 0 radical (unpaired) electrons. The van der Waals surface area contributed by atoms with Gasteiger partial charge in [0.15, 0.2) is 9.84 Å². The summed E-state index contributed by atoms with van der Waals surface area (Å²) in [7, 11) is -3.24. The first-order chi connectivity index (χ1) is 10.9. The molecule has 1 aromatic rings. The van der Waals surface area contributed by atoms with Gasteiger partial charge in [0, 0.05) is 23.1 Å². The topological polar surface area (TPSA) is 54.5 Å². The Kier molecular flexibility index (Phi) is 4.90. The zero-order valence-corrected chi connectivity index (χ0v) is 15.0. The number of carbonyl (C=O) groups excluding carboxylic acids is 1. The molecule has 7 heteroatoms. The zero-order chi connectivity index (χ0) is 16.6. The van der Waals surface area contributed by atoms with Crippen LogP contribution in [0.1, 0.15) is 37.2 Å². The largest absolute Gasteiger partial charge is 0.342 e. The smallest absolute Gasteiger partial charge is 0.237 e. The van der Waals surface area contributed by atoms with Crippen molar-refractivity contribution in [3.05, 3.63) is 33.8 Å². The minimum atomic E-state index is -3.24. The summed E-state index contributed by atoms with van der Waals surface area (Å²) in [6, 6.07) is 5.49. The highest BCUT2D eigenvalue weighted by molar-refractivity contribution is 7.93. The van der Waals surface area contributed by atoms with Gasteiger partial charge in [-0.05, 0) is 49.3 Å². The number of nitrogens with zero attached hydrogens (tertiary/aromatic N) is 1. The fourth-order valence-electron chi connectivity index (χ4n) is 3.08. The first-order valence-electron chi connectivity index (χ1n) is 7.81. The highest BCUT2D eigenvalue weighted by Gasteiger charge is 2.38. The predicted octanol–water partition coefficient (Wildman–Crippen LogP) is 3.28. The van der Waals surface area contributed by atoms with E-state index in [4.69, 9.17) is 23.2 Å². The van der Waals surface area contributed by atoms with Crippen molar-refractivity contribution in [1.29, 1.82) is 0 Å². The van der Waals surface area contributed by atoms with Gasteiger partial charge in [0.25, 0.3) is 0 Å². The minimum Gasteiger partial charge on any atom is -0.342 e. The van der Waals surface area contributed by atoms with E-state index in [0.717, 1.165) is 18.4 Å². The Morgan fingerprint density at radius 2 is 1.78 bits per heavy atom. The van der Waals surface area contributed by atoms with Crippen LogP contribution in [0.5, 0.6) is 0 Å². The minimum absolute atomic E-state index is 0.266. The van der Waals surface area contributed by atoms with Gasteiger partial charge in [-0.15, -0.1) is 0 Å². The van der Waals surface area contributed by atoms with E-state index in [9.17, 15) is 13.2 Å². The van der Waals surface area contributed by atoms with Gasteiger partial charge >= 0.3 is 0 Å². The SMILES string of the molecule is O=C(CS(=O)(=O)C1CC1)N1CCC(c2ccc(Cl)cc2Cl)CC1. The molecule has 0 aromatic heterocycles. The second-order valence-corrected chi connectivity index (χ2v) is 9.45. The summed E-state index contributed by atoms with van der Waals surface area (Å²) in [5.41, 5.74) is 1.05. The standard InChI is InChI=1S/C16H19Cl2NO3S/c17-12-1-4-14(15(18)9-12)11-5-7-19(8-6-11)16(20)10-23(21,22)13-2-3-13/h1,4,9,11,13H,2-3,5-8,10H2. The second-order valence-electron chi connectivity index (χ2n) is 6.33. The number of hydrogen-bond acceptors (Lipinski definition) is 3. The van der Waals surface area contributed by atoms with E-state index in [1.807, 2.05) is 12.1 Å². The fraction of sp³-hybridized carbons (Fsp3) is 0.562. The van der Waals surface area contributed by atoms with Gasteiger partial charge in [0.2, 0.25) is 5.91 Å². The van der Waals surface area contributed by atoms with E-state index in [1.165, 1.54) is 0 Å². The third kappa shape index (κ3) is 4.01. The van der Waals surface area contributed by atoms with Gasteiger partial charge in [-0.2, -0.15) is 0 Å². The van der Waals surface area contributed by atoms with Gasteiger partial charge in [0.1, 0.15) is 5.75 Å². The molecule has 126 valence electrons. The number of rotatable bonds is 4. The molecular weight excluding hydrogens is 357 g/mol. The van der Waals surface area contributed by atoms with Crippen molar-refractivity contribution in [2.75, 3.05) is 18.8 Å². The highest BCUT2D eigenvalue weighted by atomic mass is 35.5. The van der Waals surface area contributed by atoms with Crippen molar-refractivity contribution in [3.8, 4) is 0 Å². The van der Waals surface area contributed by atoms with Crippen LogP contribution in [0.15, 0.2) is 18.2 Å². The first-order valence-corrected chi connectivity index (χ1v) is 10.3. The number of likely N-dealkylation sites (tertiary alicyclic amines) is 1. The van der Waals surface area contributed by atoms with Gasteiger partial charge < -0.3 is 4.90 Å². The van der Waals surface area contributed by atoms with E-state index >= 15 is 0 Å². The molecule has 0 atom stereocenters. The summed E-state index contributed by atoms with van der Waals surface area (Å²) in [6.45, 7) is 1.14. The van der Waals surface area contributed by atoms with Gasteiger partial charge in [0.05, 0.1) is 5.25 Å². The monoisotopic (exact) mass is 375 g/mol. The van der Waals surface area contributed by atoms with Crippen LogP contribution in [-0.2, 0) is 14.6 Å². The maximum Gasteiger partial charge on any atom is 0.237 e. The van der Waals surface area contributed by atoms with Crippen LogP contribution in [-0.4, -0.2) is 43.3 Å². The maximum absolute atomic E-state index is 12.2. The maximum atomic E-state index is 12.2. The Morgan fingerprint density at radius 3 is 2.35 bits per heavy atom. The fourth-order valence-corrected chi connectivity index (χ4v) is 5.26. The second kappa shape index (κ2) is 6.61. The lowest BCUT2D eigenvalue weighted by Gasteiger charge is -2.32. The van der Waals surface area contributed by atoms with Crippen LogP contribution in [0.2, 0.25) is 10.0 Å². The normalized spacial score (nSPS) is 19.8. The number of amides is 1. The van der Waals surface area contributed by atoms with Crippen molar-refractivity contribution in [1.82, 2.24) is 4.90 Å². The molecule has 3 rings (SSSR count). The van der Waals surface area contributed by atoms with Gasteiger partial charge in [-0.3, -0.25) is 4.79 Å². The summed E-state index contributed by atoms with van der Waals surface area (Å²) in [4.78, 5) is 13.9.